The van der Waals surface area contributed by atoms with E-state index in [0.29, 0.717) is 25.0 Å². The van der Waals surface area contributed by atoms with Crippen molar-refractivity contribution in [3.8, 4) is 6.07 Å². The van der Waals surface area contributed by atoms with E-state index in [1.165, 1.54) is 0 Å². The molecule has 0 saturated carbocycles. The van der Waals surface area contributed by atoms with Crippen LogP contribution >= 0.6 is 0 Å². The molecule has 1 aliphatic rings. The second kappa shape index (κ2) is 6.06. The molecule has 2 N–H and O–H groups in total. The minimum absolute atomic E-state index is 0.260. The van der Waals surface area contributed by atoms with Crippen LogP contribution in [0.1, 0.15) is 13.8 Å². The first-order valence-corrected chi connectivity index (χ1v) is 5.61. The number of hydrogen-bond acceptors (Lipinski definition) is 4. The van der Waals surface area contributed by atoms with E-state index >= 15 is 0 Å². The molecular weight excluding hydrogens is 190 g/mol. The molecule has 1 saturated heterocycles. The molecule has 2 unspecified atom stereocenters. The summed E-state index contributed by atoms with van der Waals surface area (Å²) >= 11 is 0. The fourth-order valence-electron chi connectivity index (χ4n) is 1.84. The molecule has 0 radical (unpaired) electrons. The van der Waals surface area contributed by atoms with E-state index < -0.39 is 0 Å². The zero-order valence-corrected chi connectivity index (χ0v) is 9.65. The number of rotatable bonds is 4. The van der Waals surface area contributed by atoms with Crippen LogP contribution in [0.25, 0.3) is 0 Å². The van der Waals surface area contributed by atoms with Gasteiger partial charge in [-0.2, -0.15) is 5.26 Å². The molecule has 1 heterocycles. The Morgan fingerprint density at radius 2 is 2.33 bits per heavy atom. The smallest absolute Gasteiger partial charge is 0.156 e. The molecule has 2 atom stereocenters. The van der Waals surface area contributed by atoms with Crippen molar-refractivity contribution in [2.45, 2.75) is 20.0 Å². The average Bonchev–Trinajstić information content (AvgIpc) is 2.25. The predicted octanol–water partition coefficient (Wildman–Crippen LogP) is 0.442. The first-order chi connectivity index (χ1) is 7.17. The van der Waals surface area contributed by atoms with E-state index in [1.54, 1.807) is 0 Å². The summed E-state index contributed by atoms with van der Waals surface area (Å²) < 4.78 is 5.30. The number of ether oxygens (including phenoxy) is 1. The zero-order valence-electron chi connectivity index (χ0n) is 9.65. The van der Waals surface area contributed by atoms with Crippen LogP contribution in [0.4, 0.5) is 0 Å². The lowest BCUT2D eigenvalue weighted by molar-refractivity contribution is -0.00700. The van der Waals surface area contributed by atoms with Crippen molar-refractivity contribution in [1.29, 1.82) is 5.26 Å². The minimum Gasteiger partial charge on any atom is -0.361 e. The molecule has 0 aromatic carbocycles. The summed E-state index contributed by atoms with van der Waals surface area (Å²) in [6, 6.07) is 2.16. The van der Waals surface area contributed by atoms with Gasteiger partial charge in [0.1, 0.15) is 0 Å². The van der Waals surface area contributed by atoms with E-state index in [-0.39, 0.29) is 6.10 Å². The maximum Gasteiger partial charge on any atom is 0.156 e. The molecule has 4 nitrogen and oxygen atoms in total. The molecule has 15 heavy (non-hydrogen) atoms. The Hall–Kier alpha value is -0.630. The maximum absolute atomic E-state index is 8.78. The van der Waals surface area contributed by atoms with Crippen molar-refractivity contribution >= 4 is 0 Å². The lowest BCUT2D eigenvalue weighted by Gasteiger charge is -2.33. The average molecular weight is 211 g/mol. The Morgan fingerprint density at radius 3 is 2.87 bits per heavy atom. The van der Waals surface area contributed by atoms with Gasteiger partial charge in [-0.05, 0) is 18.4 Å². The van der Waals surface area contributed by atoms with Gasteiger partial charge in [0.25, 0.3) is 0 Å². The van der Waals surface area contributed by atoms with Crippen LogP contribution in [0.3, 0.4) is 0 Å². The van der Waals surface area contributed by atoms with Gasteiger partial charge in [-0.3, -0.25) is 4.90 Å². The highest BCUT2D eigenvalue weighted by Gasteiger charge is 2.23. The summed E-state index contributed by atoms with van der Waals surface area (Å²) in [7, 11) is 0. The minimum atomic E-state index is -0.260. The molecule has 0 bridgehead atoms. The van der Waals surface area contributed by atoms with E-state index in [9.17, 15) is 0 Å². The summed E-state index contributed by atoms with van der Waals surface area (Å²) in [4.78, 5) is 2.29. The van der Waals surface area contributed by atoms with Crippen molar-refractivity contribution in [3.05, 3.63) is 0 Å². The Kier molecular flexibility index (Phi) is 5.03. The number of hydrogen-bond donors (Lipinski definition) is 1. The summed E-state index contributed by atoms with van der Waals surface area (Å²) in [6.45, 7) is 8.39. The quantitative estimate of drug-likeness (QED) is 0.733. The van der Waals surface area contributed by atoms with Crippen LogP contribution in [0, 0.1) is 23.2 Å². The van der Waals surface area contributed by atoms with E-state index in [0.717, 1.165) is 19.6 Å². The fourth-order valence-corrected chi connectivity index (χ4v) is 1.84. The molecule has 86 valence electrons. The van der Waals surface area contributed by atoms with Crippen molar-refractivity contribution in [1.82, 2.24) is 4.90 Å². The molecule has 1 fully saturated rings. The molecule has 0 aliphatic carbocycles. The first-order valence-electron chi connectivity index (χ1n) is 5.61. The highest BCUT2D eigenvalue weighted by molar-refractivity contribution is 4.89. The number of morpholine rings is 1. The molecule has 0 aromatic heterocycles. The Morgan fingerprint density at radius 1 is 1.60 bits per heavy atom. The van der Waals surface area contributed by atoms with Crippen LogP contribution < -0.4 is 5.73 Å². The molecule has 0 aromatic rings. The van der Waals surface area contributed by atoms with E-state index in [1.807, 2.05) is 0 Å². The largest absolute Gasteiger partial charge is 0.361 e. The molecule has 0 spiro atoms. The van der Waals surface area contributed by atoms with Gasteiger partial charge in [0.15, 0.2) is 6.10 Å². The van der Waals surface area contributed by atoms with Crippen LogP contribution in [-0.4, -0.2) is 43.8 Å². The Bertz CT molecular complexity index is 224. The van der Waals surface area contributed by atoms with E-state index in [4.69, 9.17) is 15.7 Å². The Labute approximate surface area is 92.0 Å². The van der Waals surface area contributed by atoms with Crippen molar-refractivity contribution in [2.24, 2.45) is 17.6 Å². The van der Waals surface area contributed by atoms with Crippen LogP contribution in [0.15, 0.2) is 0 Å². The third-order valence-electron chi connectivity index (χ3n) is 3.03. The third kappa shape index (κ3) is 3.78. The van der Waals surface area contributed by atoms with Crippen LogP contribution in [0.5, 0.6) is 0 Å². The second-order valence-corrected chi connectivity index (χ2v) is 4.49. The van der Waals surface area contributed by atoms with Crippen molar-refractivity contribution in [3.63, 3.8) is 0 Å². The second-order valence-electron chi connectivity index (χ2n) is 4.49. The summed E-state index contributed by atoms with van der Waals surface area (Å²) in [5.41, 5.74) is 5.74. The SMILES string of the molecule is CC(C)C(CN)CN1CCOC(C#N)C1. The van der Waals surface area contributed by atoms with Gasteiger partial charge in [0.2, 0.25) is 0 Å². The normalized spacial score (nSPS) is 25.1. The lowest BCUT2D eigenvalue weighted by atomic mass is 9.95. The molecule has 0 amide bonds. The van der Waals surface area contributed by atoms with Crippen LogP contribution in [0.2, 0.25) is 0 Å². The van der Waals surface area contributed by atoms with Crippen molar-refractivity contribution in [2.75, 3.05) is 32.8 Å². The summed E-state index contributed by atoms with van der Waals surface area (Å²) in [6.07, 6.45) is -0.260. The third-order valence-corrected chi connectivity index (χ3v) is 3.03. The first kappa shape index (κ1) is 12.4. The van der Waals surface area contributed by atoms with Gasteiger partial charge in [-0.25, -0.2) is 0 Å². The number of nitrogens with two attached hydrogens (primary N) is 1. The maximum atomic E-state index is 8.78. The van der Waals surface area contributed by atoms with Gasteiger partial charge < -0.3 is 10.5 Å². The predicted molar refractivity (Wildman–Crippen MR) is 59.2 cm³/mol. The lowest BCUT2D eigenvalue weighted by Crippen LogP contribution is -2.45. The van der Waals surface area contributed by atoms with Gasteiger partial charge in [0, 0.05) is 19.6 Å². The Balaban J connectivity index is 2.40. The zero-order chi connectivity index (χ0) is 11.3. The van der Waals surface area contributed by atoms with Gasteiger partial charge in [-0.15, -0.1) is 0 Å². The summed E-state index contributed by atoms with van der Waals surface area (Å²) in [5.74, 6) is 1.11. The van der Waals surface area contributed by atoms with E-state index in [2.05, 4.69) is 24.8 Å². The number of nitrogens with zero attached hydrogens (tertiary/aromatic N) is 2. The van der Waals surface area contributed by atoms with Crippen LogP contribution in [-0.2, 0) is 4.74 Å². The monoisotopic (exact) mass is 211 g/mol. The fraction of sp³-hybridized carbons (Fsp3) is 0.909. The molecule has 1 aliphatic heterocycles. The standard InChI is InChI=1S/C11H21N3O/c1-9(2)10(5-12)7-14-3-4-15-11(6-13)8-14/h9-11H,3-5,7-8,12H2,1-2H3. The molecule has 1 rings (SSSR count). The molecule has 4 heteroatoms. The highest BCUT2D eigenvalue weighted by Crippen LogP contribution is 2.13. The summed E-state index contributed by atoms with van der Waals surface area (Å²) in [5, 5.41) is 8.78. The van der Waals surface area contributed by atoms with Gasteiger partial charge in [0.05, 0.1) is 12.7 Å². The van der Waals surface area contributed by atoms with Gasteiger partial charge >= 0.3 is 0 Å². The van der Waals surface area contributed by atoms with Gasteiger partial charge in [-0.1, -0.05) is 13.8 Å². The number of nitriles is 1. The van der Waals surface area contributed by atoms with Crippen molar-refractivity contribution < 1.29 is 4.74 Å². The topological polar surface area (TPSA) is 62.3 Å². The molecular formula is C11H21N3O. The highest BCUT2D eigenvalue weighted by atomic mass is 16.5.